The Balaban J connectivity index is 2.04. The predicted octanol–water partition coefficient (Wildman–Crippen LogP) is -0.171. The number of aliphatic carboxylic acids is 1. The minimum atomic E-state index is -0.946. The highest BCUT2D eigenvalue weighted by Crippen LogP contribution is 2.22. The van der Waals surface area contributed by atoms with E-state index in [4.69, 9.17) is 4.74 Å². The Bertz CT molecular complexity index is 328. The molecule has 6 nitrogen and oxygen atoms in total. The van der Waals surface area contributed by atoms with Crippen LogP contribution in [0.5, 0.6) is 0 Å². The summed E-state index contributed by atoms with van der Waals surface area (Å²) in [6.45, 7) is 1.21. The van der Waals surface area contributed by atoms with E-state index < -0.39 is 12.0 Å². The molecular formula is C12H20N2O4. The van der Waals surface area contributed by atoms with Gasteiger partial charge < -0.3 is 20.1 Å². The van der Waals surface area contributed by atoms with Crippen LogP contribution in [0.1, 0.15) is 25.7 Å². The van der Waals surface area contributed by atoms with Crippen LogP contribution in [0, 0.1) is 0 Å². The molecule has 6 heteroatoms. The van der Waals surface area contributed by atoms with Crippen molar-refractivity contribution < 1.29 is 19.4 Å². The van der Waals surface area contributed by atoms with E-state index in [2.05, 4.69) is 5.32 Å². The minimum Gasteiger partial charge on any atom is -0.480 e. The Morgan fingerprint density at radius 3 is 2.72 bits per heavy atom. The molecule has 0 spiro atoms. The highest BCUT2D eigenvalue weighted by molar-refractivity contribution is 5.87. The topological polar surface area (TPSA) is 78.9 Å². The van der Waals surface area contributed by atoms with Crippen LogP contribution >= 0.6 is 0 Å². The first-order chi connectivity index (χ1) is 8.63. The second-order valence-corrected chi connectivity index (χ2v) is 4.94. The Morgan fingerprint density at radius 1 is 1.39 bits per heavy atom. The smallest absolute Gasteiger partial charge is 0.326 e. The molecule has 2 N–H and O–H groups in total. The highest BCUT2D eigenvalue weighted by atomic mass is 16.5. The molecule has 2 fully saturated rings. The second-order valence-electron chi connectivity index (χ2n) is 4.94. The van der Waals surface area contributed by atoms with Crippen LogP contribution in [0.4, 0.5) is 0 Å². The van der Waals surface area contributed by atoms with Crippen LogP contribution in [0.25, 0.3) is 0 Å². The zero-order chi connectivity index (χ0) is 13.1. The van der Waals surface area contributed by atoms with Gasteiger partial charge in [0.1, 0.15) is 6.04 Å². The molecule has 2 aliphatic heterocycles. The molecule has 102 valence electrons. The third kappa shape index (κ3) is 2.64. The lowest BCUT2D eigenvalue weighted by atomic mass is 10.0. The van der Waals surface area contributed by atoms with Crippen LogP contribution < -0.4 is 5.32 Å². The monoisotopic (exact) mass is 256 g/mol. The van der Waals surface area contributed by atoms with Gasteiger partial charge in [0.05, 0.1) is 12.1 Å². The first-order valence-corrected chi connectivity index (χ1v) is 6.43. The van der Waals surface area contributed by atoms with E-state index in [9.17, 15) is 14.7 Å². The first-order valence-electron chi connectivity index (χ1n) is 6.43. The normalized spacial score (nSPS) is 32.5. The van der Waals surface area contributed by atoms with E-state index in [0.29, 0.717) is 13.0 Å². The summed E-state index contributed by atoms with van der Waals surface area (Å²) < 4.78 is 5.18. The molecule has 2 rings (SSSR count). The number of carbonyl (C=O) groups excluding carboxylic acids is 1. The Morgan fingerprint density at radius 2 is 2.17 bits per heavy atom. The first kappa shape index (κ1) is 13.3. The van der Waals surface area contributed by atoms with E-state index in [0.717, 1.165) is 25.8 Å². The number of nitrogens with zero attached hydrogens (tertiary/aromatic N) is 1. The van der Waals surface area contributed by atoms with Gasteiger partial charge in [-0.3, -0.25) is 4.79 Å². The van der Waals surface area contributed by atoms with Gasteiger partial charge >= 0.3 is 5.97 Å². The molecule has 0 aliphatic carbocycles. The molecule has 2 saturated heterocycles. The van der Waals surface area contributed by atoms with E-state index in [1.807, 2.05) is 0 Å². The van der Waals surface area contributed by atoms with Crippen molar-refractivity contribution in [2.75, 3.05) is 20.2 Å². The number of amides is 1. The lowest BCUT2D eigenvalue weighted by Gasteiger charge is -2.29. The van der Waals surface area contributed by atoms with Crippen molar-refractivity contribution in [3.05, 3.63) is 0 Å². The molecule has 0 bridgehead atoms. The van der Waals surface area contributed by atoms with E-state index in [1.165, 1.54) is 4.90 Å². The number of hydrogen-bond acceptors (Lipinski definition) is 4. The van der Waals surface area contributed by atoms with Gasteiger partial charge in [0.25, 0.3) is 0 Å². The Kier molecular flexibility index (Phi) is 4.19. The van der Waals surface area contributed by atoms with Crippen molar-refractivity contribution in [2.24, 2.45) is 0 Å². The van der Waals surface area contributed by atoms with Crippen LogP contribution in [0.15, 0.2) is 0 Å². The molecule has 0 aromatic rings. The van der Waals surface area contributed by atoms with Crippen molar-refractivity contribution in [1.29, 1.82) is 0 Å². The molecule has 2 heterocycles. The molecule has 2 unspecified atom stereocenters. The number of carbonyl (C=O) groups is 2. The lowest BCUT2D eigenvalue weighted by Crippen LogP contribution is -2.51. The Hall–Kier alpha value is -1.14. The zero-order valence-electron chi connectivity index (χ0n) is 10.6. The maximum absolute atomic E-state index is 12.3. The standard InChI is InChI=1S/C12H20N2O4/c1-18-8-6-10(12(16)17)14(7-8)11(15)9-4-2-3-5-13-9/h8-10,13H,2-7H2,1H3,(H,16,17)/t8?,9-,10?/m0/s1. The van der Waals surface area contributed by atoms with Gasteiger partial charge in [-0.2, -0.15) is 0 Å². The number of methoxy groups -OCH3 is 1. The molecule has 18 heavy (non-hydrogen) atoms. The van der Waals surface area contributed by atoms with Gasteiger partial charge in [-0.25, -0.2) is 4.79 Å². The summed E-state index contributed by atoms with van der Waals surface area (Å²) in [6, 6.07) is -0.970. The van der Waals surface area contributed by atoms with E-state index in [1.54, 1.807) is 7.11 Å². The fourth-order valence-electron chi connectivity index (χ4n) is 2.71. The number of ether oxygens (including phenoxy) is 1. The quantitative estimate of drug-likeness (QED) is 0.733. The third-order valence-electron chi connectivity index (χ3n) is 3.77. The van der Waals surface area contributed by atoms with Crippen LogP contribution in [0.3, 0.4) is 0 Å². The van der Waals surface area contributed by atoms with Crippen molar-refractivity contribution in [3.63, 3.8) is 0 Å². The van der Waals surface area contributed by atoms with Gasteiger partial charge in [-0.05, 0) is 19.4 Å². The summed E-state index contributed by atoms with van der Waals surface area (Å²) in [5, 5.41) is 12.3. The molecule has 0 saturated carbocycles. The van der Waals surface area contributed by atoms with Crippen molar-refractivity contribution in [2.45, 2.75) is 43.9 Å². The molecule has 1 amide bonds. The fraction of sp³-hybridized carbons (Fsp3) is 0.833. The molecule has 0 aromatic heterocycles. The number of hydrogen-bond donors (Lipinski definition) is 2. The van der Waals surface area contributed by atoms with Gasteiger partial charge in [-0.1, -0.05) is 6.42 Å². The lowest BCUT2D eigenvalue weighted by molar-refractivity contribution is -0.149. The summed E-state index contributed by atoms with van der Waals surface area (Å²) in [5.74, 6) is -1.04. The number of nitrogens with one attached hydrogen (secondary N) is 1. The van der Waals surface area contributed by atoms with Crippen LogP contribution in [-0.4, -0.2) is 60.3 Å². The maximum atomic E-state index is 12.3. The summed E-state index contributed by atoms with van der Waals surface area (Å²) in [7, 11) is 1.55. The summed E-state index contributed by atoms with van der Waals surface area (Å²) in [5.41, 5.74) is 0. The zero-order valence-corrected chi connectivity index (χ0v) is 10.6. The molecule has 0 radical (unpaired) electrons. The van der Waals surface area contributed by atoms with Gasteiger partial charge in [0.15, 0.2) is 0 Å². The number of carboxylic acid groups (broad SMARTS) is 1. The number of piperidine rings is 1. The largest absolute Gasteiger partial charge is 0.480 e. The third-order valence-corrected chi connectivity index (χ3v) is 3.77. The van der Waals surface area contributed by atoms with Crippen molar-refractivity contribution >= 4 is 11.9 Å². The maximum Gasteiger partial charge on any atom is 0.326 e. The summed E-state index contributed by atoms with van der Waals surface area (Å²) >= 11 is 0. The SMILES string of the molecule is COC1CC(C(=O)O)N(C(=O)[C@@H]2CCCCN2)C1. The molecule has 0 aromatic carbocycles. The van der Waals surface area contributed by atoms with Crippen molar-refractivity contribution in [1.82, 2.24) is 10.2 Å². The van der Waals surface area contributed by atoms with Crippen LogP contribution in [0.2, 0.25) is 0 Å². The van der Waals surface area contributed by atoms with E-state index >= 15 is 0 Å². The van der Waals surface area contributed by atoms with Crippen LogP contribution in [-0.2, 0) is 14.3 Å². The average molecular weight is 256 g/mol. The van der Waals surface area contributed by atoms with E-state index in [-0.39, 0.29) is 18.1 Å². The van der Waals surface area contributed by atoms with Gasteiger partial charge in [0.2, 0.25) is 5.91 Å². The minimum absolute atomic E-state index is 0.0957. The number of carboxylic acids is 1. The summed E-state index contributed by atoms with van der Waals surface area (Å²) in [4.78, 5) is 25.0. The molecular weight excluding hydrogens is 236 g/mol. The van der Waals surface area contributed by atoms with Gasteiger partial charge in [-0.15, -0.1) is 0 Å². The van der Waals surface area contributed by atoms with Crippen molar-refractivity contribution in [3.8, 4) is 0 Å². The van der Waals surface area contributed by atoms with Gasteiger partial charge in [0, 0.05) is 20.1 Å². The highest BCUT2D eigenvalue weighted by Gasteiger charge is 2.41. The molecule has 2 aliphatic rings. The molecule has 3 atom stereocenters. The summed E-state index contributed by atoms with van der Waals surface area (Å²) in [6.07, 6.45) is 3.10. The second kappa shape index (κ2) is 5.67. The predicted molar refractivity (Wildman–Crippen MR) is 64.2 cm³/mol. The number of likely N-dealkylation sites (tertiary alicyclic amines) is 1. The number of rotatable bonds is 3. The fourth-order valence-corrected chi connectivity index (χ4v) is 2.71. The Labute approximate surface area is 106 Å². The average Bonchev–Trinajstić information content (AvgIpc) is 2.83.